The minimum Gasteiger partial charge on any atom is -0.313 e. The number of benzene rings is 1. The van der Waals surface area contributed by atoms with Crippen molar-refractivity contribution in [2.24, 2.45) is 0 Å². The molecular formula is C15H20BrN2O2S. The van der Waals surface area contributed by atoms with Gasteiger partial charge in [-0.2, -0.15) is 4.31 Å². The van der Waals surface area contributed by atoms with Crippen molar-refractivity contribution in [3.05, 3.63) is 34.7 Å². The Morgan fingerprint density at radius 1 is 1.14 bits per heavy atom. The molecule has 4 nitrogen and oxygen atoms in total. The summed E-state index contributed by atoms with van der Waals surface area (Å²) in [5.41, 5.74) is 0. The molecule has 1 aromatic carbocycles. The molecule has 1 aliphatic carbocycles. The van der Waals surface area contributed by atoms with E-state index in [1.54, 1.807) is 28.6 Å². The molecule has 1 N–H and O–H groups in total. The van der Waals surface area contributed by atoms with Crippen LogP contribution in [0.3, 0.4) is 0 Å². The van der Waals surface area contributed by atoms with Gasteiger partial charge in [0.05, 0.1) is 4.90 Å². The fourth-order valence-electron chi connectivity index (χ4n) is 2.55. The Kier molecular flexibility index (Phi) is 4.69. The van der Waals surface area contributed by atoms with Gasteiger partial charge in [0.2, 0.25) is 10.0 Å². The highest BCUT2D eigenvalue weighted by Crippen LogP contribution is 2.26. The second kappa shape index (κ2) is 6.36. The van der Waals surface area contributed by atoms with Crippen LogP contribution in [0.2, 0.25) is 0 Å². The Balaban J connectivity index is 1.58. The maximum Gasteiger partial charge on any atom is 0.243 e. The molecule has 0 unspecified atom stereocenters. The molecular weight excluding hydrogens is 352 g/mol. The largest absolute Gasteiger partial charge is 0.313 e. The lowest BCUT2D eigenvalue weighted by atomic mass is 9.98. The number of nitrogens with one attached hydrogen (secondary N) is 1. The number of nitrogens with zero attached hydrogens (tertiary/aromatic N) is 1. The van der Waals surface area contributed by atoms with Gasteiger partial charge in [0, 0.05) is 30.1 Å². The van der Waals surface area contributed by atoms with E-state index in [1.165, 1.54) is 18.8 Å². The maximum atomic E-state index is 12.6. The van der Waals surface area contributed by atoms with E-state index in [0.717, 1.165) is 23.9 Å². The Morgan fingerprint density at radius 2 is 1.76 bits per heavy atom. The molecule has 1 aromatic rings. The molecule has 1 aliphatic heterocycles. The van der Waals surface area contributed by atoms with Gasteiger partial charge < -0.3 is 5.32 Å². The van der Waals surface area contributed by atoms with Crippen LogP contribution in [0.15, 0.2) is 33.6 Å². The van der Waals surface area contributed by atoms with Gasteiger partial charge >= 0.3 is 0 Å². The van der Waals surface area contributed by atoms with E-state index in [9.17, 15) is 8.42 Å². The molecule has 6 heteroatoms. The highest BCUT2D eigenvalue weighted by atomic mass is 79.9. The fraction of sp³-hybridized carbons (Fsp3) is 0.533. The smallest absolute Gasteiger partial charge is 0.243 e. The van der Waals surface area contributed by atoms with Crippen LogP contribution in [0.5, 0.6) is 0 Å². The van der Waals surface area contributed by atoms with Crippen LogP contribution in [-0.4, -0.2) is 38.4 Å². The summed E-state index contributed by atoms with van der Waals surface area (Å²) in [6.45, 7) is 2.15. The Labute approximate surface area is 135 Å². The van der Waals surface area contributed by atoms with Crippen LogP contribution < -0.4 is 5.32 Å². The molecule has 2 aliphatic rings. The summed E-state index contributed by atoms with van der Waals surface area (Å²) in [6.07, 6.45) is 4.32. The molecule has 1 saturated heterocycles. The molecule has 0 spiro atoms. The molecule has 1 radical (unpaired) electrons. The molecule has 115 valence electrons. The first kappa shape index (κ1) is 15.5. The van der Waals surface area contributed by atoms with Gasteiger partial charge in [0.25, 0.3) is 0 Å². The van der Waals surface area contributed by atoms with Crippen molar-refractivity contribution >= 4 is 26.0 Å². The standard InChI is InChI=1S/C15H20BrN2O2S/c16-13-1-5-15(6-2-13)21(19,20)18-9-7-12(8-10-18)11-17-14-3-4-14/h1-2,5-6,14,17H,3-4,7-11H2. The summed E-state index contributed by atoms with van der Waals surface area (Å²) in [5.74, 6) is 1.45. The van der Waals surface area contributed by atoms with Crippen molar-refractivity contribution in [1.82, 2.24) is 9.62 Å². The lowest BCUT2D eigenvalue weighted by molar-refractivity contribution is 0.355. The molecule has 21 heavy (non-hydrogen) atoms. The summed E-state index contributed by atoms with van der Waals surface area (Å²) in [7, 11) is -3.34. The van der Waals surface area contributed by atoms with Gasteiger partial charge in [0.1, 0.15) is 0 Å². The third-order valence-electron chi connectivity index (χ3n) is 4.10. The Hall–Kier alpha value is -0.430. The zero-order valence-corrected chi connectivity index (χ0v) is 14.3. The topological polar surface area (TPSA) is 49.4 Å². The third kappa shape index (κ3) is 3.86. The molecule has 1 heterocycles. The predicted octanol–water partition coefficient (Wildman–Crippen LogP) is 2.56. The van der Waals surface area contributed by atoms with E-state index in [-0.39, 0.29) is 0 Å². The van der Waals surface area contributed by atoms with E-state index in [2.05, 4.69) is 21.2 Å². The predicted molar refractivity (Wildman–Crippen MR) is 86.4 cm³/mol. The number of hydrogen-bond donors (Lipinski definition) is 1. The Bertz CT molecular complexity index is 576. The molecule has 0 bridgehead atoms. The second-order valence-corrected chi connectivity index (χ2v) is 8.62. The van der Waals surface area contributed by atoms with Crippen LogP contribution in [-0.2, 0) is 10.0 Å². The van der Waals surface area contributed by atoms with Crippen LogP contribution >= 0.6 is 15.9 Å². The monoisotopic (exact) mass is 371 g/mol. The lowest BCUT2D eigenvalue weighted by Crippen LogP contribution is -2.40. The number of hydrogen-bond acceptors (Lipinski definition) is 3. The SMILES string of the molecule is O=S(=O)(c1ccc(Br)cc1)N1CC[C](CNC2CC2)CC1. The fourth-order valence-corrected chi connectivity index (χ4v) is 4.26. The van der Waals surface area contributed by atoms with E-state index in [4.69, 9.17) is 0 Å². The average Bonchev–Trinajstić information content (AvgIpc) is 3.30. The van der Waals surface area contributed by atoms with Crippen LogP contribution in [0.1, 0.15) is 25.7 Å². The molecule has 3 rings (SSSR count). The first-order chi connectivity index (χ1) is 10.1. The van der Waals surface area contributed by atoms with Crippen LogP contribution in [0.4, 0.5) is 0 Å². The zero-order chi connectivity index (χ0) is 14.9. The van der Waals surface area contributed by atoms with Crippen LogP contribution in [0, 0.1) is 5.92 Å². The summed E-state index contributed by atoms with van der Waals surface area (Å²) >= 11 is 3.33. The third-order valence-corrected chi connectivity index (χ3v) is 6.54. The summed E-state index contributed by atoms with van der Waals surface area (Å²) in [6, 6.07) is 7.57. The second-order valence-electron chi connectivity index (χ2n) is 5.76. The number of halogens is 1. The Morgan fingerprint density at radius 3 is 2.33 bits per heavy atom. The van der Waals surface area contributed by atoms with Crippen molar-refractivity contribution in [1.29, 1.82) is 0 Å². The van der Waals surface area contributed by atoms with Gasteiger partial charge in [-0.3, -0.25) is 0 Å². The molecule has 0 atom stereocenters. The number of sulfonamides is 1. The number of rotatable bonds is 5. The van der Waals surface area contributed by atoms with Crippen molar-refractivity contribution < 1.29 is 8.42 Å². The van der Waals surface area contributed by atoms with Gasteiger partial charge in [0.15, 0.2) is 0 Å². The van der Waals surface area contributed by atoms with Crippen LogP contribution in [0.25, 0.3) is 0 Å². The highest BCUT2D eigenvalue weighted by molar-refractivity contribution is 9.10. The van der Waals surface area contributed by atoms with E-state index in [1.807, 2.05) is 0 Å². The first-order valence-corrected chi connectivity index (χ1v) is 9.62. The molecule has 1 saturated carbocycles. The average molecular weight is 372 g/mol. The van der Waals surface area contributed by atoms with E-state index in [0.29, 0.717) is 24.0 Å². The van der Waals surface area contributed by atoms with Crippen molar-refractivity contribution in [3.8, 4) is 0 Å². The van der Waals surface area contributed by atoms with Crippen molar-refractivity contribution in [2.75, 3.05) is 19.6 Å². The minimum atomic E-state index is -3.34. The van der Waals surface area contributed by atoms with E-state index >= 15 is 0 Å². The van der Waals surface area contributed by atoms with Crippen molar-refractivity contribution in [2.45, 2.75) is 36.6 Å². The maximum absolute atomic E-state index is 12.6. The van der Waals surface area contributed by atoms with Gasteiger partial charge in [-0.1, -0.05) is 15.9 Å². The number of piperidine rings is 1. The lowest BCUT2D eigenvalue weighted by Gasteiger charge is -2.31. The quantitative estimate of drug-likeness (QED) is 0.864. The first-order valence-electron chi connectivity index (χ1n) is 7.38. The highest BCUT2D eigenvalue weighted by Gasteiger charge is 2.30. The van der Waals surface area contributed by atoms with E-state index < -0.39 is 10.0 Å². The van der Waals surface area contributed by atoms with Gasteiger partial charge in [-0.15, -0.1) is 0 Å². The normalized spacial score (nSPS) is 21.6. The summed E-state index contributed by atoms with van der Waals surface area (Å²) < 4.78 is 27.6. The van der Waals surface area contributed by atoms with Gasteiger partial charge in [-0.05, 0) is 55.9 Å². The van der Waals surface area contributed by atoms with Gasteiger partial charge in [-0.25, -0.2) is 8.42 Å². The molecule has 0 aromatic heterocycles. The summed E-state index contributed by atoms with van der Waals surface area (Å²) in [4.78, 5) is 0.380. The molecule has 2 fully saturated rings. The van der Waals surface area contributed by atoms with Crippen molar-refractivity contribution in [3.63, 3.8) is 0 Å². The zero-order valence-electron chi connectivity index (χ0n) is 11.9. The minimum absolute atomic E-state index is 0.380. The summed E-state index contributed by atoms with van der Waals surface area (Å²) in [5, 5.41) is 3.51. The molecule has 0 amide bonds.